The predicted molar refractivity (Wildman–Crippen MR) is 79.4 cm³/mol. The average Bonchev–Trinajstić information content (AvgIpc) is 3.14. The molecule has 2 aliphatic heterocycles. The third-order valence-electron chi connectivity index (χ3n) is 4.30. The topological polar surface area (TPSA) is 78.3 Å². The lowest BCUT2D eigenvalue weighted by Gasteiger charge is -2.25. The minimum Gasteiger partial charge on any atom is -0.378 e. The van der Waals surface area contributed by atoms with E-state index in [-0.39, 0.29) is 18.1 Å². The summed E-state index contributed by atoms with van der Waals surface area (Å²) in [6.07, 6.45) is 4.57. The number of carbonyl (C=O) groups is 1. The van der Waals surface area contributed by atoms with Crippen molar-refractivity contribution in [3.8, 4) is 0 Å². The number of hydrogen-bond donors (Lipinski definition) is 1. The highest BCUT2D eigenvalue weighted by Crippen LogP contribution is 2.15. The van der Waals surface area contributed by atoms with Crippen molar-refractivity contribution in [2.24, 2.45) is 0 Å². The molecule has 1 aromatic rings. The zero-order valence-electron chi connectivity index (χ0n) is 13.1. The molecule has 7 nitrogen and oxygen atoms in total. The first-order valence-electron chi connectivity index (χ1n) is 8.10. The van der Waals surface area contributed by atoms with Gasteiger partial charge in [-0.25, -0.2) is 0 Å². The van der Waals surface area contributed by atoms with Crippen molar-refractivity contribution in [1.29, 1.82) is 0 Å². The predicted octanol–water partition coefficient (Wildman–Crippen LogP) is 0.603. The van der Waals surface area contributed by atoms with E-state index in [2.05, 4.69) is 20.1 Å². The van der Waals surface area contributed by atoms with Crippen LogP contribution in [-0.2, 0) is 27.2 Å². The molecule has 2 atom stereocenters. The highest BCUT2D eigenvalue weighted by Gasteiger charge is 2.22. The molecule has 22 heavy (non-hydrogen) atoms. The molecule has 0 aromatic carbocycles. The van der Waals surface area contributed by atoms with Crippen LogP contribution in [0.15, 0.2) is 0 Å². The van der Waals surface area contributed by atoms with Crippen molar-refractivity contribution in [2.75, 3.05) is 19.8 Å². The second-order valence-corrected chi connectivity index (χ2v) is 6.04. The van der Waals surface area contributed by atoms with Gasteiger partial charge < -0.3 is 19.4 Å². The van der Waals surface area contributed by atoms with Crippen molar-refractivity contribution in [3.63, 3.8) is 0 Å². The molecule has 0 unspecified atom stereocenters. The fraction of sp³-hybridized carbons (Fsp3) is 0.800. The Labute approximate surface area is 130 Å². The van der Waals surface area contributed by atoms with Gasteiger partial charge in [-0.15, -0.1) is 10.2 Å². The second kappa shape index (κ2) is 7.19. The highest BCUT2D eigenvalue weighted by atomic mass is 16.5. The number of amides is 1. The molecule has 1 aromatic heterocycles. The molecular weight excluding hydrogens is 284 g/mol. The molecule has 1 fully saturated rings. The second-order valence-electron chi connectivity index (χ2n) is 6.04. The van der Waals surface area contributed by atoms with E-state index in [1.807, 2.05) is 6.92 Å². The number of aryl methyl sites for hydroxylation is 2. The summed E-state index contributed by atoms with van der Waals surface area (Å²) < 4.78 is 13.1. The van der Waals surface area contributed by atoms with Gasteiger partial charge in [0.25, 0.3) is 0 Å². The van der Waals surface area contributed by atoms with Gasteiger partial charge in [-0.2, -0.15) is 0 Å². The number of nitrogens with zero attached hydrogens (tertiary/aromatic N) is 3. The number of hydrogen-bond acceptors (Lipinski definition) is 5. The lowest BCUT2D eigenvalue weighted by atomic mass is 10.1. The van der Waals surface area contributed by atoms with E-state index in [4.69, 9.17) is 9.47 Å². The Morgan fingerprint density at radius 1 is 1.45 bits per heavy atom. The van der Waals surface area contributed by atoms with Gasteiger partial charge in [0.2, 0.25) is 5.91 Å². The summed E-state index contributed by atoms with van der Waals surface area (Å²) in [7, 11) is 0. The van der Waals surface area contributed by atoms with E-state index >= 15 is 0 Å². The van der Waals surface area contributed by atoms with Gasteiger partial charge in [0.15, 0.2) is 0 Å². The minimum absolute atomic E-state index is 0.0477. The Bertz CT molecular complexity index is 511. The molecule has 1 N–H and O–H groups in total. The van der Waals surface area contributed by atoms with Crippen LogP contribution >= 0.6 is 0 Å². The van der Waals surface area contributed by atoms with E-state index in [9.17, 15) is 4.79 Å². The Morgan fingerprint density at radius 2 is 2.36 bits per heavy atom. The largest absolute Gasteiger partial charge is 0.378 e. The maximum absolute atomic E-state index is 12.0. The number of fused-ring (bicyclic) bond motifs is 1. The standard InChI is InChI=1S/C15H24N4O3/c1-11-17-18-14-5-4-12(9-19(11)14)16-15(20)6-8-21-10-13-3-2-7-22-13/h12-13H,2-10H2,1H3,(H,16,20)/t12-,13-/m1/s1. The van der Waals surface area contributed by atoms with Gasteiger partial charge in [-0.05, 0) is 26.2 Å². The first kappa shape index (κ1) is 15.4. The number of nitrogens with one attached hydrogen (secondary N) is 1. The molecule has 0 radical (unpaired) electrons. The van der Waals surface area contributed by atoms with Crippen LogP contribution in [0.25, 0.3) is 0 Å². The Balaban J connectivity index is 1.34. The van der Waals surface area contributed by atoms with Gasteiger partial charge in [-0.1, -0.05) is 0 Å². The van der Waals surface area contributed by atoms with Gasteiger partial charge in [0, 0.05) is 32.0 Å². The highest BCUT2D eigenvalue weighted by molar-refractivity contribution is 5.76. The first-order chi connectivity index (χ1) is 10.7. The molecule has 3 heterocycles. The molecule has 2 aliphatic rings. The van der Waals surface area contributed by atoms with E-state index in [0.717, 1.165) is 50.5 Å². The number of rotatable bonds is 6. The SMILES string of the molecule is Cc1nnc2n1C[C@H](NC(=O)CCOC[C@H]1CCCO1)CC2. The maximum atomic E-state index is 12.0. The lowest BCUT2D eigenvalue weighted by molar-refractivity contribution is -0.123. The summed E-state index contributed by atoms with van der Waals surface area (Å²) in [5.41, 5.74) is 0. The molecule has 1 saturated heterocycles. The smallest absolute Gasteiger partial charge is 0.222 e. The summed E-state index contributed by atoms with van der Waals surface area (Å²) >= 11 is 0. The van der Waals surface area contributed by atoms with Crippen molar-refractivity contribution in [2.45, 2.75) is 57.7 Å². The molecule has 7 heteroatoms. The molecule has 3 rings (SSSR count). The lowest BCUT2D eigenvalue weighted by Crippen LogP contribution is -2.41. The zero-order valence-corrected chi connectivity index (χ0v) is 13.1. The van der Waals surface area contributed by atoms with Crippen LogP contribution in [0.5, 0.6) is 0 Å². The third kappa shape index (κ3) is 3.84. The summed E-state index contributed by atoms with van der Waals surface area (Å²) in [6, 6.07) is 0.160. The fourth-order valence-corrected chi connectivity index (χ4v) is 3.04. The number of aromatic nitrogens is 3. The molecule has 0 aliphatic carbocycles. The van der Waals surface area contributed by atoms with Gasteiger partial charge >= 0.3 is 0 Å². The van der Waals surface area contributed by atoms with E-state index in [0.29, 0.717) is 19.6 Å². The Morgan fingerprint density at radius 3 is 3.18 bits per heavy atom. The van der Waals surface area contributed by atoms with Crippen LogP contribution in [0.4, 0.5) is 0 Å². The molecule has 0 saturated carbocycles. The van der Waals surface area contributed by atoms with Gasteiger partial charge in [0.1, 0.15) is 11.6 Å². The first-order valence-corrected chi connectivity index (χ1v) is 8.10. The Hall–Kier alpha value is -1.47. The summed E-state index contributed by atoms with van der Waals surface area (Å²) in [5.74, 6) is 1.98. The molecule has 1 amide bonds. The normalized spacial score (nSPS) is 24.2. The molecular formula is C15H24N4O3. The monoisotopic (exact) mass is 308 g/mol. The average molecular weight is 308 g/mol. The third-order valence-corrected chi connectivity index (χ3v) is 4.30. The van der Waals surface area contributed by atoms with Crippen molar-refractivity contribution in [1.82, 2.24) is 20.1 Å². The van der Waals surface area contributed by atoms with Crippen LogP contribution in [0.1, 0.15) is 37.3 Å². The fourth-order valence-electron chi connectivity index (χ4n) is 3.04. The number of ether oxygens (including phenoxy) is 2. The van der Waals surface area contributed by atoms with Crippen molar-refractivity contribution in [3.05, 3.63) is 11.6 Å². The van der Waals surface area contributed by atoms with Crippen LogP contribution < -0.4 is 5.32 Å². The maximum Gasteiger partial charge on any atom is 0.222 e. The summed E-state index contributed by atoms with van der Waals surface area (Å²) in [4.78, 5) is 12.0. The molecule has 122 valence electrons. The van der Waals surface area contributed by atoms with Gasteiger partial charge in [-0.3, -0.25) is 4.79 Å². The Kier molecular flexibility index (Phi) is 5.04. The minimum atomic E-state index is 0.0477. The van der Waals surface area contributed by atoms with Crippen molar-refractivity contribution < 1.29 is 14.3 Å². The van der Waals surface area contributed by atoms with Gasteiger partial charge in [0.05, 0.1) is 19.3 Å². The molecule has 0 bridgehead atoms. The quantitative estimate of drug-likeness (QED) is 0.779. The van der Waals surface area contributed by atoms with E-state index in [1.54, 1.807) is 0 Å². The van der Waals surface area contributed by atoms with E-state index in [1.165, 1.54) is 0 Å². The zero-order chi connectivity index (χ0) is 15.4. The number of carbonyl (C=O) groups excluding carboxylic acids is 1. The van der Waals surface area contributed by atoms with Crippen LogP contribution in [0.3, 0.4) is 0 Å². The van der Waals surface area contributed by atoms with Crippen LogP contribution in [0.2, 0.25) is 0 Å². The summed E-state index contributed by atoms with van der Waals surface area (Å²) in [6.45, 7) is 4.59. The van der Waals surface area contributed by atoms with Crippen LogP contribution in [0, 0.1) is 6.92 Å². The summed E-state index contributed by atoms with van der Waals surface area (Å²) in [5, 5.41) is 11.3. The van der Waals surface area contributed by atoms with Crippen LogP contribution in [-0.4, -0.2) is 52.6 Å². The van der Waals surface area contributed by atoms with Crippen molar-refractivity contribution >= 4 is 5.91 Å². The molecule has 0 spiro atoms. The van der Waals surface area contributed by atoms with E-state index < -0.39 is 0 Å².